The summed E-state index contributed by atoms with van der Waals surface area (Å²) in [6.07, 6.45) is 0.0547. The minimum Gasteiger partial charge on any atom is -0.481 e. The van der Waals surface area contributed by atoms with Crippen molar-refractivity contribution in [3.8, 4) is 0 Å². The van der Waals surface area contributed by atoms with E-state index in [0.29, 0.717) is 0 Å². The molecule has 0 heterocycles. The number of aliphatic carboxylic acids is 1. The average Bonchev–Trinajstić information content (AvgIpc) is 2.61. The third-order valence-electron chi connectivity index (χ3n) is 4.32. The molecule has 1 unspecified atom stereocenters. The lowest BCUT2D eigenvalue weighted by Crippen LogP contribution is -2.27. The second kappa shape index (κ2) is 7.28. The van der Waals surface area contributed by atoms with Crippen LogP contribution in [0.2, 0.25) is 0 Å². The predicted molar refractivity (Wildman–Crippen MR) is 96.9 cm³/mol. The van der Waals surface area contributed by atoms with E-state index < -0.39 is 5.97 Å². The van der Waals surface area contributed by atoms with Gasteiger partial charge in [-0.05, 0) is 28.8 Å². The molecule has 0 aliphatic heterocycles. The van der Waals surface area contributed by atoms with Gasteiger partial charge < -0.3 is 10.4 Å². The zero-order valence-electron chi connectivity index (χ0n) is 13.6. The summed E-state index contributed by atoms with van der Waals surface area (Å²) >= 11 is 0. The fourth-order valence-electron chi connectivity index (χ4n) is 3.15. The second-order valence-electron chi connectivity index (χ2n) is 6.02. The van der Waals surface area contributed by atoms with Crippen molar-refractivity contribution in [2.24, 2.45) is 0 Å². The van der Waals surface area contributed by atoms with Gasteiger partial charge in [-0.15, -0.1) is 0 Å². The largest absolute Gasteiger partial charge is 0.481 e. The highest BCUT2D eigenvalue weighted by Crippen LogP contribution is 2.27. The van der Waals surface area contributed by atoms with Gasteiger partial charge in [0.2, 0.25) is 0 Å². The highest BCUT2D eigenvalue weighted by atomic mass is 16.4. The Labute approximate surface area is 142 Å². The summed E-state index contributed by atoms with van der Waals surface area (Å²) in [4.78, 5) is 11.3. The number of fused-ring (bicyclic) bond motifs is 1. The zero-order chi connectivity index (χ0) is 16.9. The van der Waals surface area contributed by atoms with E-state index in [9.17, 15) is 9.90 Å². The molecule has 0 saturated heterocycles. The molecule has 0 saturated carbocycles. The maximum absolute atomic E-state index is 11.3. The van der Waals surface area contributed by atoms with E-state index in [1.807, 2.05) is 48.5 Å². The maximum atomic E-state index is 11.3. The van der Waals surface area contributed by atoms with Crippen LogP contribution in [0.15, 0.2) is 72.8 Å². The van der Waals surface area contributed by atoms with Gasteiger partial charge in [0.1, 0.15) is 0 Å². The van der Waals surface area contributed by atoms with Crippen molar-refractivity contribution in [3.05, 3.63) is 83.9 Å². The van der Waals surface area contributed by atoms with Gasteiger partial charge in [0.15, 0.2) is 0 Å². The summed E-state index contributed by atoms with van der Waals surface area (Å²) in [5.41, 5.74) is 2.17. The van der Waals surface area contributed by atoms with Crippen molar-refractivity contribution in [2.75, 3.05) is 0 Å². The Morgan fingerprint density at radius 1 is 0.958 bits per heavy atom. The van der Waals surface area contributed by atoms with Crippen molar-refractivity contribution in [3.63, 3.8) is 0 Å². The van der Waals surface area contributed by atoms with E-state index in [2.05, 4.69) is 36.5 Å². The van der Waals surface area contributed by atoms with E-state index in [-0.39, 0.29) is 18.5 Å². The van der Waals surface area contributed by atoms with Crippen LogP contribution in [0.5, 0.6) is 0 Å². The Morgan fingerprint density at radius 3 is 2.38 bits per heavy atom. The molecule has 0 aliphatic carbocycles. The first-order valence-electron chi connectivity index (χ1n) is 8.15. The number of carbonyl (C=O) groups is 1. The van der Waals surface area contributed by atoms with Gasteiger partial charge in [0, 0.05) is 12.1 Å². The topological polar surface area (TPSA) is 49.3 Å². The quantitative estimate of drug-likeness (QED) is 0.692. The Kier molecular flexibility index (Phi) is 4.92. The lowest BCUT2D eigenvalue weighted by molar-refractivity contribution is -0.137. The number of rotatable bonds is 6. The van der Waals surface area contributed by atoms with Crippen LogP contribution >= 0.6 is 0 Å². The van der Waals surface area contributed by atoms with Gasteiger partial charge >= 0.3 is 5.97 Å². The molecule has 2 atom stereocenters. The highest BCUT2D eigenvalue weighted by molar-refractivity contribution is 5.86. The molecule has 24 heavy (non-hydrogen) atoms. The summed E-state index contributed by atoms with van der Waals surface area (Å²) in [7, 11) is 0. The number of carboxylic acids is 1. The molecule has 0 spiro atoms. The highest BCUT2D eigenvalue weighted by Gasteiger charge is 2.19. The Hall–Kier alpha value is -2.65. The number of carboxylic acid groups (broad SMARTS) is 1. The molecule has 3 rings (SSSR count). The molecule has 122 valence electrons. The van der Waals surface area contributed by atoms with Crippen molar-refractivity contribution in [1.82, 2.24) is 5.32 Å². The van der Waals surface area contributed by atoms with Crippen LogP contribution in [-0.2, 0) is 4.79 Å². The van der Waals surface area contributed by atoms with Gasteiger partial charge in [-0.3, -0.25) is 4.79 Å². The number of nitrogens with one attached hydrogen (secondary N) is 1. The first kappa shape index (κ1) is 16.2. The molecule has 0 fully saturated rings. The normalized spacial score (nSPS) is 13.5. The number of benzene rings is 3. The van der Waals surface area contributed by atoms with Crippen LogP contribution < -0.4 is 5.32 Å². The monoisotopic (exact) mass is 319 g/mol. The molecule has 3 nitrogen and oxygen atoms in total. The van der Waals surface area contributed by atoms with E-state index in [1.165, 1.54) is 16.3 Å². The molecule has 3 heteroatoms. The summed E-state index contributed by atoms with van der Waals surface area (Å²) in [6, 6.07) is 24.1. The molecular formula is C21H21NO2. The summed E-state index contributed by atoms with van der Waals surface area (Å²) < 4.78 is 0. The first-order valence-corrected chi connectivity index (χ1v) is 8.15. The standard InChI is InChI=1S/C21H21NO2/c1-15(18-13-7-11-16-8-5-6-12-19(16)18)22-20(14-21(23)24)17-9-3-2-4-10-17/h2-13,15,20,22H,14H2,1H3,(H,23,24)/t15?,20-/m0/s1. The van der Waals surface area contributed by atoms with Gasteiger partial charge in [-0.25, -0.2) is 0 Å². The smallest absolute Gasteiger partial charge is 0.305 e. The van der Waals surface area contributed by atoms with Crippen LogP contribution in [-0.4, -0.2) is 11.1 Å². The molecule has 0 radical (unpaired) electrons. The predicted octanol–water partition coefficient (Wildman–Crippen LogP) is 4.71. The van der Waals surface area contributed by atoms with E-state index in [1.54, 1.807) is 0 Å². The van der Waals surface area contributed by atoms with Crippen LogP contribution in [0.25, 0.3) is 10.8 Å². The number of hydrogen-bond acceptors (Lipinski definition) is 2. The van der Waals surface area contributed by atoms with Crippen molar-refractivity contribution in [2.45, 2.75) is 25.4 Å². The molecule has 3 aromatic carbocycles. The van der Waals surface area contributed by atoms with Crippen LogP contribution in [0, 0.1) is 0 Å². The van der Waals surface area contributed by atoms with Crippen molar-refractivity contribution < 1.29 is 9.90 Å². The lowest BCUT2D eigenvalue weighted by Gasteiger charge is -2.24. The zero-order valence-corrected chi connectivity index (χ0v) is 13.6. The lowest BCUT2D eigenvalue weighted by atomic mass is 9.97. The summed E-state index contributed by atoms with van der Waals surface area (Å²) in [5.74, 6) is -0.804. The summed E-state index contributed by atoms with van der Waals surface area (Å²) in [5, 5.41) is 15.1. The molecule has 2 N–H and O–H groups in total. The van der Waals surface area contributed by atoms with Crippen LogP contribution in [0.1, 0.15) is 36.6 Å². The fourth-order valence-corrected chi connectivity index (χ4v) is 3.15. The Bertz CT molecular complexity index is 824. The molecule has 0 aromatic heterocycles. The van der Waals surface area contributed by atoms with Crippen LogP contribution in [0.3, 0.4) is 0 Å². The van der Waals surface area contributed by atoms with Gasteiger partial charge in [0.25, 0.3) is 0 Å². The van der Waals surface area contributed by atoms with E-state index in [0.717, 1.165) is 5.56 Å². The Balaban J connectivity index is 1.90. The molecule has 0 aliphatic rings. The minimum absolute atomic E-state index is 0.0423. The van der Waals surface area contributed by atoms with E-state index in [4.69, 9.17) is 0 Å². The fraction of sp³-hybridized carbons (Fsp3) is 0.190. The average molecular weight is 319 g/mol. The van der Waals surface area contributed by atoms with Crippen LogP contribution in [0.4, 0.5) is 0 Å². The van der Waals surface area contributed by atoms with Crippen molar-refractivity contribution in [1.29, 1.82) is 0 Å². The molecule has 0 bridgehead atoms. The van der Waals surface area contributed by atoms with Crippen molar-refractivity contribution >= 4 is 16.7 Å². The van der Waals surface area contributed by atoms with Gasteiger partial charge in [-0.2, -0.15) is 0 Å². The SMILES string of the molecule is CC(N[C@@H](CC(=O)O)c1ccccc1)c1cccc2ccccc12. The van der Waals surface area contributed by atoms with E-state index >= 15 is 0 Å². The van der Waals surface area contributed by atoms with Gasteiger partial charge in [-0.1, -0.05) is 72.8 Å². The third-order valence-corrected chi connectivity index (χ3v) is 4.32. The summed E-state index contributed by atoms with van der Waals surface area (Å²) in [6.45, 7) is 2.08. The van der Waals surface area contributed by atoms with Gasteiger partial charge in [0.05, 0.1) is 6.42 Å². The molecule has 0 amide bonds. The molecular weight excluding hydrogens is 298 g/mol. The second-order valence-corrected chi connectivity index (χ2v) is 6.02. The molecule has 3 aromatic rings. The Morgan fingerprint density at radius 2 is 1.62 bits per heavy atom. The maximum Gasteiger partial charge on any atom is 0.305 e. The number of hydrogen-bond donors (Lipinski definition) is 2. The third kappa shape index (κ3) is 3.63. The minimum atomic E-state index is -0.804. The first-order chi connectivity index (χ1) is 11.6.